The second-order valence-electron chi connectivity index (χ2n) is 3.18. The van der Waals surface area contributed by atoms with Crippen LogP contribution in [-0.4, -0.2) is 19.3 Å². The molecule has 1 aromatic rings. The number of rotatable bonds is 4. The molecule has 0 bridgehead atoms. The molecule has 1 aromatic carbocycles. The average molecular weight is 179 g/mol. The van der Waals surface area contributed by atoms with Gasteiger partial charge in [0, 0.05) is 0 Å². The molecular formula is C10H13NO2. The number of para-hydroxylation sites is 1. The Kier molecular flexibility index (Phi) is 2.47. The average Bonchev–Trinajstić information content (AvgIpc) is 2.92. The molecule has 0 radical (unpaired) electrons. The molecule has 1 aliphatic heterocycles. The number of epoxide rings is 1. The Labute approximate surface area is 77.6 Å². The predicted octanol–water partition coefficient (Wildman–Crippen LogP) is 1.74. The molecule has 13 heavy (non-hydrogen) atoms. The molecule has 2 rings (SSSR count). The van der Waals surface area contributed by atoms with E-state index in [0.717, 1.165) is 12.3 Å². The highest BCUT2D eigenvalue weighted by Gasteiger charge is 2.22. The number of ether oxygens (including phenoxy) is 1. The van der Waals surface area contributed by atoms with Crippen LogP contribution in [0.4, 0.5) is 5.69 Å². The Balaban J connectivity index is 1.82. The monoisotopic (exact) mass is 179 g/mol. The molecule has 1 unspecified atom stereocenters. The Hall–Kier alpha value is -1.06. The largest absolute Gasteiger partial charge is 0.371 e. The van der Waals surface area contributed by atoms with Crippen molar-refractivity contribution >= 4 is 5.69 Å². The van der Waals surface area contributed by atoms with E-state index in [1.165, 1.54) is 5.56 Å². The van der Waals surface area contributed by atoms with E-state index in [1.807, 2.05) is 31.2 Å². The van der Waals surface area contributed by atoms with Crippen LogP contribution < -0.4 is 5.48 Å². The first kappa shape index (κ1) is 8.53. The van der Waals surface area contributed by atoms with Crippen molar-refractivity contribution in [3.63, 3.8) is 0 Å². The van der Waals surface area contributed by atoms with E-state index in [1.54, 1.807) is 0 Å². The van der Waals surface area contributed by atoms with Gasteiger partial charge in [-0.3, -0.25) is 10.3 Å². The second kappa shape index (κ2) is 3.77. The van der Waals surface area contributed by atoms with Gasteiger partial charge in [-0.15, -0.1) is 0 Å². The maximum atomic E-state index is 5.25. The predicted molar refractivity (Wildman–Crippen MR) is 50.5 cm³/mol. The van der Waals surface area contributed by atoms with Gasteiger partial charge in [-0.1, -0.05) is 18.2 Å². The first-order valence-electron chi connectivity index (χ1n) is 4.41. The molecule has 0 aliphatic carbocycles. The van der Waals surface area contributed by atoms with Gasteiger partial charge in [0.1, 0.15) is 12.7 Å². The van der Waals surface area contributed by atoms with Crippen LogP contribution in [0, 0.1) is 6.92 Å². The molecule has 1 aliphatic rings. The summed E-state index contributed by atoms with van der Waals surface area (Å²) in [4.78, 5) is 5.25. The van der Waals surface area contributed by atoms with Crippen LogP contribution in [0.2, 0.25) is 0 Å². The zero-order valence-corrected chi connectivity index (χ0v) is 7.62. The van der Waals surface area contributed by atoms with Crippen molar-refractivity contribution in [3.05, 3.63) is 29.8 Å². The SMILES string of the molecule is Cc1ccccc1NOCC1CO1. The number of hydrogen-bond acceptors (Lipinski definition) is 3. The number of nitrogens with one attached hydrogen (secondary N) is 1. The summed E-state index contributed by atoms with van der Waals surface area (Å²) in [6.07, 6.45) is 0.302. The third kappa shape index (κ3) is 2.44. The Morgan fingerprint density at radius 3 is 3.00 bits per heavy atom. The summed E-state index contributed by atoms with van der Waals surface area (Å²) in [5.74, 6) is 0. The molecule has 0 amide bonds. The molecule has 1 heterocycles. The topological polar surface area (TPSA) is 33.8 Å². The van der Waals surface area contributed by atoms with Crippen molar-refractivity contribution in [2.24, 2.45) is 0 Å². The van der Waals surface area contributed by atoms with E-state index in [4.69, 9.17) is 9.57 Å². The van der Waals surface area contributed by atoms with Crippen LogP contribution in [0.15, 0.2) is 24.3 Å². The zero-order chi connectivity index (χ0) is 9.10. The standard InChI is InChI=1S/C10H13NO2/c1-8-4-2-3-5-10(8)11-13-7-9-6-12-9/h2-5,9,11H,6-7H2,1H3. The lowest BCUT2D eigenvalue weighted by Crippen LogP contribution is -2.08. The maximum absolute atomic E-state index is 5.25. The van der Waals surface area contributed by atoms with Crippen molar-refractivity contribution in [3.8, 4) is 0 Å². The normalized spacial score (nSPS) is 19.9. The Morgan fingerprint density at radius 1 is 1.54 bits per heavy atom. The van der Waals surface area contributed by atoms with Gasteiger partial charge in [0.25, 0.3) is 0 Å². The zero-order valence-electron chi connectivity index (χ0n) is 7.62. The van der Waals surface area contributed by atoms with Crippen molar-refractivity contribution in [2.75, 3.05) is 18.7 Å². The van der Waals surface area contributed by atoms with E-state index in [9.17, 15) is 0 Å². The molecule has 3 heteroatoms. The Bertz CT molecular complexity index is 284. The maximum Gasteiger partial charge on any atom is 0.107 e. The highest BCUT2D eigenvalue weighted by Crippen LogP contribution is 2.14. The van der Waals surface area contributed by atoms with Gasteiger partial charge in [-0.25, -0.2) is 0 Å². The molecule has 1 fully saturated rings. The van der Waals surface area contributed by atoms with E-state index in [-0.39, 0.29) is 0 Å². The fraction of sp³-hybridized carbons (Fsp3) is 0.400. The van der Waals surface area contributed by atoms with Gasteiger partial charge in [0.15, 0.2) is 0 Å². The van der Waals surface area contributed by atoms with Gasteiger partial charge < -0.3 is 4.74 Å². The summed E-state index contributed by atoms with van der Waals surface area (Å²) in [6, 6.07) is 8.01. The summed E-state index contributed by atoms with van der Waals surface area (Å²) in [5.41, 5.74) is 5.10. The molecule has 0 spiro atoms. The van der Waals surface area contributed by atoms with Gasteiger partial charge in [-0.2, -0.15) is 0 Å². The van der Waals surface area contributed by atoms with E-state index in [2.05, 4.69) is 5.48 Å². The van der Waals surface area contributed by atoms with Crippen LogP contribution in [0.3, 0.4) is 0 Å². The molecular weight excluding hydrogens is 166 g/mol. The van der Waals surface area contributed by atoms with Crippen molar-refractivity contribution in [1.82, 2.24) is 0 Å². The highest BCUT2D eigenvalue weighted by molar-refractivity contribution is 5.48. The van der Waals surface area contributed by atoms with Crippen LogP contribution >= 0.6 is 0 Å². The van der Waals surface area contributed by atoms with E-state index in [0.29, 0.717) is 12.7 Å². The quantitative estimate of drug-likeness (QED) is 0.564. The first-order valence-corrected chi connectivity index (χ1v) is 4.41. The molecule has 0 saturated carbocycles. The van der Waals surface area contributed by atoms with Gasteiger partial charge >= 0.3 is 0 Å². The lowest BCUT2D eigenvalue weighted by atomic mass is 10.2. The molecule has 1 atom stereocenters. The lowest BCUT2D eigenvalue weighted by Gasteiger charge is -2.07. The first-order chi connectivity index (χ1) is 6.36. The summed E-state index contributed by atoms with van der Waals surface area (Å²) < 4.78 is 5.01. The number of anilines is 1. The fourth-order valence-electron chi connectivity index (χ4n) is 1.06. The number of benzene rings is 1. The summed E-state index contributed by atoms with van der Waals surface area (Å²) in [7, 11) is 0. The molecule has 1 saturated heterocycles. The second-order valence-corrected chi connectivity index (χ2v) is 3.18. The van der Waals surface area contributed by atoms with Gasteiger partial charge in [0.05, 0.1) is 12.3 Å². The number of aryl methyl sites for hydroxylation is 1. The summed E-state index contributed by atoms with van der Waals surface area (Å²) in [5, 5.41) is 0. The van der Waals surface area contributed by atoms with Crippen LogP contribution in [-0.2, 0) is 9.57 Å². The van der Waals surface area contributed by atoms with Crippen molar-refractivity contribution < 1.29 is 9.57 Å². The molecule has 1 N–H and O–H groups in total. The van der Waals surface area contributed by atoms with E-state index >= 15 is 0 Å². The molecule has 0 aromatic heterocycles. The third-order valence-corrected chi connectivity index (χ3v) is 2.00. The minimum absolute atomic E-state index is 0.302. The van der Waals surface area contributed by atoms with Crippen LogP contribution in [0.25, 0.3) is 0 Å². The van der Waals surface area contributed by atoms with Crippen LogP contribution in [0.1, 0.15) is 5.56 Å². The third-order valence-electron chi connectivity index (χ3n) is 2.00. The highest BCUT2D eigenvalue weighted by atomic mass is 16.7. The number of hydrogen-bond donors (Lipinski definition) is 1. The van der Waals surface area contributed by atoms with Crippen molar-refractivity contribution in [2.45, 2.75) is 13.0 Å². The van der Waals surface area contributed by atoms with Crippen LogP contribution in [0.5, 0.6) is 0 Å². The van der Waals surface area contributed by atoms with Gasteiger partial charge in [0.2, 0.25) is 0 Å². The summed E-state index contributed by atoms with van der Waals surface area (Å²) in [6.45, 7) is 3.49. The smallest absolute Gasteiger partial charge is 0.107 e. The Morgan fingerprint density at radius 2 is 2.31 bits per heavy atom. The lowest BCUT2D eigenvalue weighted by molar-refractivity contribution is 0.167. The fourth-order valence-corrected chi connectivity index (χ4v) is 1.06. The molecule has 70 valence electrons. The summed E-state index contributed by atoms with van der Waals surface area (Å²) >= 11 is 0. The van der Waals surface area contributed by atoms with E-state index < -0.39 is 0 Å². The minimum atomic E-state index is 0.302. The van der Waals surface area contributed by atoms with Gasteiger partial charge in [-0.05, 0) is 18.6 Å². The molecule has 3 nitrogen and oxygen atoms in total. The van der Waals surface area contributed by atoms with Crippen molar-refractivity contribution in [1.29, 1.82) is 0 Å². The minimum Gasteiger partial charge on any atom is -0.371 e.